The van der Waals surface area contributed by atoms with Gasteiger partial charge in [0.15, 0.2) is 0 Å². The van der Waals surface area contributed by atoms with Crippen molar-refractivity contribution in [3.05, 3.63) is 28.8 Å². The number of rotatable bonds is 6. The summed E-state index contributed by atoms with van der Waals surface area (Å²) in [5.41, 5.74) is 6.65. The lowest BCUT2D eigenvalue weighted by atomic mass is 10.1. The third kappa shape index (κ3) is 4.78. The van der Waals surface area contributed by atoms with Gasteiger partial charge in [-0.15, -0.1) is 0 Å². The zero-order chi connectivity index (χ0) is 13.5. The molecule has 0 bridgehead atoms. The fourth-order valence-electron chi connectivity index (χ4n) is 1.47. The number of hydrogen-bond donors (Lipinski definition) is 2. The number of benzene rings is 1. The first-order valence-electron chi connectivity index (χ1n) is 5.98. The van der Waals surface area contributed by atoms with Crippen molar-refractivity contribution in [1.29, 1.82) is 0 Å². The Labute approximate surface area is 117 Å². The Bertz CT molecular complexity index is 412. The molecule has 0 aromatic heterocycles. The van der Waals surface area contributed by atoms with Crippen LogP contribution in [0.5, 0.6) is 0 Å². The number of anilines is 1. The van der Waals surface area contributed by atoms with Gasteiger partial charge in [0.05, 0.1) is 10.7 Å². The second-order valence-corrected chi connectivity index (χ2v) is 5.90. The maximum atomic E-state index is 11.9. The smallest absolute Gasteiger partial charge is 0.251 e. The van der Waals surface area contributed by atoms with Gasteiger partial charge in [-0.25, -0.2) is 0 Å². The fourth-order valence-corrected chi connectivity index (χ4v) is 2.40. The van der Waals surface area contributed by atoms with Gasteiger partial charge in [-0.1, -0.05) is 18.5 Å². The van der Waals surface area contributed by atoms with Crippen LogP contribution in [0.2, 0.25) is 5.02 Å². The van der Waals surface area contributed by atoms with Crippen LogP contribution in [0.1, 0.15) is 30.6 Å². The van der Waals surface area contributed by atoms with Crippen LogP contribution in [0.25, 0.3) is 0 Å². The van der Waals surface area contributed by atoms with Crippen molar-refractivity contribution in [3.63, 3.8) is 0 Å². The average molecular weight is 287 g/mol. The van der Waals surface area contributed by atoms with E-state index in [1.54, 1.807) is 18.2 Å². The van der Waals surface area contributed by atoms with E-state index in [2.05, 4.69) is 12.2 Å². The predicted molar refractivity (Wildman–Crippen MR) is 80.4 cm³/mol. The molecule has 1 rings (SSSR count). The first kappa shape index (κ1) is 15.2. The van der Waals surface area contributed by atoms with Crippen LogP contribution in [-0.2, 0) is 0 Å². The minimum Gasteiger partial charge on any atom is -0.398 e. The van der Waals surface area contributed by atoms with E-state index in [0.29, 0.717) is 16.3 Å². The van der Waals surface area contributed by atoms with E-state index in [4.69, 9.17) is 17.3 Å². The molecule has 0 saturated heterocycles. The van der Waals surface area contributed by atoms with Crippen molar-refractivity contribution in [2.75, 3.05) is 17.2 Å². The largest absolute Gasteiger partial charge is 0.398 e. The first-order valence-corrected chi connectivity index (χ1v) is 7.51. The van der Waals surface area contributed by atoms with Crippen LogP contribution in [0.4, 0.5) is 5.69 Å². The molecular formula is C13H19ClN2OS. The first-order chi connectivity index (χ1) is 8.54. The Morgan fingerprint density at radius 1 is 1.56 bits per heavy atom. The molecule has 0 spiro atoms. The van der Waals surface area contributed by atoms with Gasteiger partial charge < -0.3 is 11.1 Å². The number of halogens is 1. The minimum atomic E-state index is -0.104. The number of amides is 1. The molecule has 1 aromatic rings. The highest BCUT2D eigenvalue weighted by molar-refractivity contribution is 7.99. The van der Waals surface area contributed by atoms with Crippen LogP contribution in [0, 0.1) is 0 Å². The van der Waals surface area contributed by atoms with E-state index in [1.807, 2.05) is 18.7 Å². The third-order valence-corrected chi connectivity index (χ3v) is 3.81. The number of carbonyl (C=O) groups is 1. The standard InChI is InChI=1S/C13H19ClN2OS/c1-3-18-7-6-9(2)16-13(17)10-4-5-11(14)12(15)8-10/h4-5,8-9H,3,6-7,15H2,1-2H3,(H,16,17). The Kier molecular flexibility index (Phi) is 6.36. The molecule has 1 unspecified atom stereocenters. The molecule has 0 aliphatic rings. The summed E-state index contributed by atoms with van der Waals surface area (Å²) < 4.78 is 0. The molecule has 1 aromatic carbocycles. The molecule has 0 aliphatic carbocycles. The van der Waals surface area contributed by atoms with Gasteiger partial charge in [-0.3, -0.25) is 4.79 Å². The molecule has 0 saturated carbocycles. The number of thioether (sulfide) groups is 1. The molecule has 5 heteroatoms. The van der Waals surface area contributed by atoms with Crippen LogP contribution >= 0.6 is 23.4 Å². The lowest BCUT2D eigenvalue weighted by Gasteiger charge is -2.13. The van der Waals surface area contributed by atoms with Crippen molar-refractivity contribution in [2.45, 2.75) is 26.3 Å². The van der Waals surface area contributed by atoms with Crippen molar-refractivity contribution in [3.8, 4) is 0 Å². The Balaban J connectivity index is 2.51. The third-order valence-electron chi connectivity index (χ3n) is 2.54. The van der Waals surface area contributed by atoms with Gasteiger partial charge in [-0.05, 0) is 43.0 Å². The summed E-state index contributed by atoms with van der Waals surface area (Å²) in [6.07, 6.45) is 0.966. The molecule has 1 amide bonds. The van der Waals surface area contributed by atoms with E-state index in [-0.39, 0.29) is 11.9 Å². The highest BCUT2D eigenvalue weighted by atomic mass is 35.5. The lowest BCUT2D eigenvalue weighted by molar-refractivity contribution is 0.0939. The molecule has 0 fully saturated rings. The van der Waals surface area contributed by atoms with E-state index in [1.165, 1.54) is 0 Å². The summed E-state index contributed by atoms with van der Waals surface area (Å²) >= 11 is 7.69. The number of hydrogen-bond acceptors (Lipinski definition) is 3. The monoisotopic (exact) mass is 286 g/mol. The van der Waals surface area contributed by atoms with Crippen molar-refractivity contribution in [1.82, 2.24) is 5.32 Å². The highest BCUT2D eigenvalue weighted by Gasteiger charge is 2.10. The van der Waals surface area contributed by atoms with Gasteiger partial charge in [0.2, 0.25) is 0 Å². The number of nitrogens with one attached hydrogen (secondary N) is 1. The lowest BCUT2D eigenvalue weighted by Crippen LogP contribution is -2.33. The molecule has 3 nitrogen and oxygen atoms in total. The topological polar surface area (TPSA) is 55.1 Å². The van der Waals surface area contributed by atoms with E-state index in [0.717, 1.165) is 17.9 Å². The van der Waals surface area contributed by atoms with Crippen molar-refractivity contribution < 1.29 is 4.79 Å². The molecule has 100 valence electrons. The van der Waals surface area contributed by atoms with Crippen molar-refractivity contribution >= 4 is 35.0 Å². The summed E-state index contributed by atoms with van der Waals surface area (Å²) in [5.74, 6) is 2.06. The summed E-state index contributed by atoms with van der Waals surface area (Å²) in [6, 6.07) is 5.09. The van der Waals surface area contributed by atoms with Crippen LogP contribution in [-0.4, -0.2) is 23.5 Å². The number of carbonyl (C=O) groups excluding carboxylic acids is 1. The SMILES string of the molecule is CCSCCC(C)NC(=O)c1ccc(Cl)c(N)c1. The Morgan fingerprint density at radius 3 is 2.89 bits per heavy atom. The Hall–Kier alpha value is -0.870. The van der Waals surface area contributed by atoms with Crippen molar-refractivity contribution in [2.24, 2.45) is 0 Å². The maximum absolute atomic E-state index is 11.9. The predicted octanol–water partition coefficient (Wildman–Crippen LogP) is 3.18. The fraction of sp³-hybridized carbons (Fsp3) is 0.462. The van der Waals surface area contributed by atoms with Crippen LogP contribution < -0.4 is 11.1 Å². The average Bonchev–Trinajstić information content (AvgIpc) is 2.33. The molecule has 18 heavy (non-hydrogen) atoms. The van der Waals surface area contributed by atoms with Crippen LogP contribution in [0.3, 0.4) is 0 Å². The summed E-state index contributed by atoms with van der Waals surface area (Å²) in [6.45, 7) is 4.14. The Morgan fingerprint density at radius 2 is 2.28 bits per heavy atom. The zero-order valence-corrected chi connectivity index (χ0v) is 12.3. The van der Waals surface area contributed by atoms with Crippen LogP contribution in [0.15, 0.2) is 18.2 Å². The molecule has 0 radical (unpaired) electrons. The molecule has 3 N–H and O–H groups in total. The highest BCUT2D eigenvalue weighted by Crippen LogP contribution is 2.19. The van der Waals surface area contributed by atoms with Gasteiger partial charge in [0, 0.05) is 11.6 Å². The normalized spacial score (nSPS) is 12.2. The molecule has 0 heterocycles. The van der Waals surface area contributed by atoms with E-state index < -0.39 is 0 Å². The van der Waals surface area contributed by atoms with E-state index >= 15 is 0 Å². The summed E-state index contributed by atoms with van der Waals surface area (Å²) in [7, 11) is 0. The molecule has 1 atom stereocenters. The van der Waals surface area contributed by atoms with E-state index in [9.17, 15) is 4.79 Å². The molecule has 0 aliphatic heterocycles. The summed E-state index contributed by atoms with van der Waals surface area (Å²) in [4.78, 5) is 11.9. The van der Waals surface area contributed by atoms with Gasteiger partial charge in [-0.2, -0.15) is 11.8 Å². The van der Waals surface area contributed by atoms with Gasteiger partial charge >= 0.3 is 0 Å². The minimum absolute atomic E-state index is 0.104. The number of nitrogen functional groups attached to an aromatic ring is 1. The second-order valence-electron chi connectivity index (χ2n) is 4.10. The number of nitrogens with two attached hydrogens (primary N) is 1. The second kappa shape index (κ2) is 7.54. The quantitative estimate of drug-likeness (QED) is 0.624. The van der Waals surface area contributed by atoms with Gasteiger partial charge in [0.25, 0.3) is 5.91 Å². The summed E-state index contributed by atoms with van der Waals surface area (Å²) in [5, 5.41) is 3.42. The maximum Gasteiger partial charge on any atom is 0.251 e. The van der Waals surface area contributed by atoms with Gasteiger partial charge in [0.1, 0.15) is 0 Å². The zero-order valence-electron chi connectivity index (χ0n) is 10.7. The molecular weight excluding hydrogens is 268 g/mol.